The summed E-state index contributed by atoms with van der Waals surface area (Å²) in [4.78, 5) is 20.8. The Kier molecular flexibility index (Phi) is 6.57. The van der Waals surface area contributed by atoms with Crippen LogP contribution in [-0.2, 0) is 17.8 Å². The summed E-state index contributed by atoms with van der Waals surface area (Å²) in [6.45, 7) is 2.91. The molecule has 0 fully saturated rings. The fraction of sp³-hybridized carbons (Fsp3) is 0.227. The molecule has 0 saturated heterocycles. The number of nitrogens with one attached hydrogen (secondary N) is 1. The number of nitrogens with zero attached hydrogens (tertiary/aromatic N) is 2. The molecule has 1 heterocycles. The van der Waals surface area contributed by atoms with Gasteiger partial charge in [-0.1, -0.05) is 12.1 Å². The summed E-state index contributed by atoms with van der Waals surface area (Å²) in [7, 11) is 1.63. The van der Waals surface area contributed by atoms with Crippen LogP contribution in [0.15, 0.2) is 60.9 Å². The zero-order valence-corrected chi connectivity index (χ0v) is 16.0. The first-order chi connectivity index (χ1) is 13.7. The van der Waals surface area contributed by atoms with Crippen LogP contribution in [-0.4, -0.2) is 29.6 Å². The minimum absolute atomic E-state index is 0.0613. The molecule has 0 unspecified atom stereocenters. The second-order valence-corrected chi connectivity index (χ2v) is 6.15. The van der Waals surface area contributed by atoms with Crippen molar-refractivity contribution in [3.63, 3.8) is 0 Å². The van der Waals surface area contributed by atoms with E-state index in [1.807, 2.05) is 61.5 Å². The molecule has 0 aliphatic rings. The Morgan fingerprint density at radius 3 is 2.39 bits per heavy atom. The first-order valence-electron chi connectivity index (χ1n) is 9.11. The molecule has 2 aromatic carbocycles. The van der Waals surface area contributed by atoms with Crippen LogP contribution in [0.2, 0.25) is 0 Å². The Morgan fingerprint density at radius 2 is 1.71 bits per heavy atom. The Hall–Kier alpha value is -3.41. The molecule has 0 spiro atoms. The van der Waals surface area contributed by atoms with Gasteiger partial charge in [-0.15, -0.1) is 0 Å². The van der Waals surface area contributed by atoms with Crippen molar-refractivity contribution in [2.75, 3.05) is 13.7 Å². The van der Waals surface area contributed by atoms with E-state index in [-0.39, 0.29) is 5.91 Å². The van der Waals surface area contributed by atoms with Gasteiger partial charge < -0.3 is 14.8 Å². The number of aromatic nitrogens is 2. The van der Waals surface area contributed by atoms with Crippen LogP contribution in [0.5, 0.6) is 11.5 Å². The Balaban J connectivity index is 1.57. The number of ether oxygens (including phenoxy) is 2. The SMILES string of the molecule is CCOc1ccc(CC(=O)NCc2cc(-c3ccc(OC)cc3)ncn2)cc1. The molecular formula is C22H23N3O3. The molecule has 28 heavy (non-hydrogen) atoms. The van der Waals surface area contributed by atoms with Gasteiger partial charge in [0, 0.05) is 5.56 Å². The van der Waals surface area contributed by atoms with Crippen LogP contribution in [0, 0.1) is 0 Å². The fourth-order valence-corrected chi connectivity index (χ4v) is 2.72. The van der Waals surface area contributed by atoms with E-state index in [2.05, 4.69) is 15.3 Å². The van der Waals surface area contributed by atoms with E-state index >= 15 is 0 Å². The third-order valence-corrected chi connectivity index (χ3v) is 4.18. The average Bonchev–Trinajstić information content (AvgIpc) is 2.74. The van der Waals surface area contributed by atoms with Gasteiger partial charge >= 0.3 is 0 Å². The summed E-state index contributed by atoms with van der Waals surface area (Å²) in [6, 6.07) is 17.1. The lowest BCUT2D eigenvalue weighted by molar-refractivity contribution is -0.120. The fourth-order valence-electron chi connectivity index (χ4n) is 2.72. The highest BCUT2D eigenvalue weighted by Gasteiger charge is 2.06. The van der Waals surface area contributed by atoms with Crippen LogP contribution in [0.25, 0.3) is 11.3 Å². The highest BCUT2D eigenvalue weighted by molar-refractivity contribution is 5.78. The topological polar surface area (TPSA) is 73.3 Å². The number of methoxy groups -OCH3 is 1. The molecule has 0 saturated carbocycles. The second kappa shape index (κ2) is 9.50. The summed E-state index contributed by atoms with van der Waals surface area (Å²) in [5.41, 5.74) is 3.45. The average molecular weight is 377 g/mol. The predicted molar refractivity (Wildman–Crippen MR) is 107 cm³/mol. The van der Waals surface area contributed by atoms with Gasteiger partial charge in [-0.2, -0.15) is 0 Å². The minimum Gasteiger partial charge on any atom is -0.497 e. The maximum absolute atomic E-state index is 12.2. The van der Waals surface area contributed by atoms with Gasteiger partial charge in [0.25, 0.3) is 0 Å². The number of benzene rings is 2. The van der Waals surface area contributed by atoms with Gasteiger partial charge in [0.05, 0.1) is 38.1 Å². The smallest absolute Gasteiger partial charge is 0.224 e. The van der Waals surface area contributed by atoms with E-state index in [0.29, 0.717) is 19.6 Å². The number of amides is 1. The number of hydrogen-bond donors (Lipinski definition) is 1. The molecule has 6 heteroatoms. The van der Waals surface area contributed by atoms with Crippen molar-refractivity contribution in [3.8, 4) is 22.8 Å². The molecule has 3 rings (SSSR count). The second-order valence-electron chi connectivity index (χ2n) is 6.15. The molecule has 0 aliphatic heterocycles. The first kappa shape index (κ1) is 19.4. The lowest BCUT2D eigenvalue weighted by Crippen LogP contribution is -2.25. The summed E-state index contributed by atoms with van der Waals surface area (Å²) in [5.74, 6) is 1.53. The molecule has 6 nitrogen and oxygen atoms in total. The maximum Gasteiger partial charge on any atom is 0.224 e. The van der Waals surface area contributed by atoms with Crippen LogP contribution in [0.3, 0.4) is 0 Å². The van der Waals surface area contributed by atoms with Crippen molar-refractivity contribution in [2.45, 2.75) is 19.9 Å². The monoisotopic (exact) mass is 377 g/mol. The summed E-state index contributed by atoms with van der Waals surface area (Å²) < 4.78 is 10.6. The van der Waals surface area contributed by atoms with Gasteiger partial charge in [-0.25, -0.2) is 9.97 Å². The van der Waals surface area contributed by atoms with E-state index < -0.39 is 0 Å². The van der Waals surface area contributed by atoms with Gasteiger partial charge in [0.15, 0.2) is 0 Å². The molecule has 1 amide bonds. The molecule has 0 bridgehead atoms. The number of carbonyl (C=O) groups is 1. The third kappa shape index (κ3) is 5.30. The predicted octanol–water partition coefficient (Wildman–Crippen LogP) is 3.41. The maximum atomic E-state index is 12.2. The van der Waals surface area contributed by atoms with Gasteiger partial charge in [-0.3, -0.25) is 4.79 Å². The molecule has 3 aromatic rings. The van der Waals surface area contributed by atoms with Crippen LogP contribution < -0.4 is 14.8 Å². The lowest BCUT2D eigenvalue weighted by atomic mass is 10.1. The summed E-state index contributed by atoms with van der Waals surface area (Å²) >= 11 is 0. The van der Waals surface area contributed by atoms with Crippen LogP contribution in [0.4, 0.5) is 0 Å². The quantitative estimate of drug-likeness (QED) is 0.651. The van der Waals surface area contributed by atoms with E-state index in [1.54, 1.807) is 7.11 Å². The molecule has 144 valence electrons. The lowest BCUT2D eigenvalue weighted by Gasteiger charge is -2.08. The Bertz CT molecular complexity index is 909. The zero-order valence-electron chi connectivity index (χ0n) is 16.0. The molecule has 0 atom stereocenters. The Labute approximate surface area is 164 Å². The van der Waals surface area contributed by atoms with Crippen LogP contribution >= 0.6 is 0 Å². The first-order valence-corrected chi connectivity index (χ1v) is 9.11. The molecule has 0 radical (unpaired) electrons. The van der Waals surface area contributed by atoms with Crippen LogP contribution in [0.1, 0.15) is 18.2 Å². The van der Waals surface area contributed by atoms with Gasteiger partial charge in [0.2, 0.25) is 5.91 Å². The molecular weight excluding hydrogens is 354 g/mol. The molecule has 1 aromatic heterocycles. The number of carbonyl (C=O) groups excluding carboxylic acids is 1. The van der Waals surface area contributed by atoms with Crippen molar-refractivity contribution < 1.29 is 14.3 Å². The van der Waals surface area contributed by atoms with E-state index in [4.69, 9.17) is 9.47 Å². The van der Waals surface area contributed by atoms with Gasteiger partial charge in [-0.05, 0) is 55.0 Å². The highest BCUT2D eigenvalue weighted by atomic mass is 16.5. The van der Waals surface area contributed by atoms with Crippen molar-refractivity contribution in [3.05, 3.63) is 72.2 Å². The zero-order chi connectivity index (χ0) is 19.8. The van der Waals surface area contributed by atoms with E-state index in [9.17, 15) is 4.79 Å². The normalized spacial score (nSPS) is 10.4. The highest BCUT2D eigenvalue weighted by Crippen LogP contribution is 2.20. The summed E-state index contributed by atoms with van der Waals surface area (Å²) in [5, 5.41) is 2.90. The molecule has 0 aliphatic carbocycles. The third-order valence-electron chi connectivity index (χ3n) is 4.18. The van der Waals surface area contributed by atoms with Crippen molar-refractivity contribution in [2.24, 2.45) is 0 Å². The minimum atomic E-state index is -0.0613. The number of hydrogen-bond acceptors (Lipinski definition) is 5. The largest absolute Gasteiger partial charge is 0.497 e. The van der Waals surface area contributed by atoms with Gasteiger partial charge in [0.1, 0.15) is 17.8 Å². The van der Waals surface area contributed by atoms with E-state index in [0.717, 1.165) is 34.0 Å². The molecule has 1 N–H and O–H groups in total. The van der Waals surface area contributed by atoms with E-state index in [1.165, 1.54) is 6.33 Å². The standard InChI is InChI=1S/C22H23N3O3/c1-3-28-20-8-4-16(5-9-20)12-22(26)23-14-18-13-21(25-15-24-18)17-6-10-19(27-2)11-7-17/h4-11,13,15H,3,12,14H2,1-2H3,(H,23,26). The van der Waals surface area contributed by atoms with Crippen molar-refractivity contribution in [1.29, 1.82) is 0 Å². The van der Waals surface area contributed by atoms with Crippen molar-refractivity contribution in [1.82, 2.24) is 15.3 Å². The summed E-state index contributed by atoms with van der Waals surface area (Å²) in [6.07, 6.45) is 1.82. The number of rotatable bonds is 8. The Morgan fingerprint density at radius 1 is 1.00 bits per heavy atom. The van der Waals surface area contributed by atoms with Crippen molar-refractivity contribution >= 4 is 5.91 Å².